The molecule has 98 valence electrons. The number of nitrogens with one attached hydrogen (secondary N) is 1. The minimum absolute atomic E-state index is 0.252. The zero-order valence-corrected chi connectivity index (χ0v) is 12.0. The van der Waals surface area contributed by atoms with Crippen LogP contribution >= 0.6 is 23.2 Å². The van der Waals surface area contributed by atoms with Crippen LogP contribution in [-0.2, 0) is 0 Å². The van der Waals surface area contributed by atoms with Crippen LogP contribution in [0, 0.1) is 13.8 Å². The van der Waals surface area contributed by atoms with Gasteiger partial charge in [-0.2, -0.15) is 0 Å². The Kier molecular flexibility index (Phi) is 4.08. The Balaban J connectivity index is 2.34. The first-order valence-electron chi connectivity index (χ1n) is 5.68. The molecule has 0 bridgehead atoms. The maximum absolute atomic E-state index is 12.2. The van der Waals surface area contributed by atoms with E-state index in [1.165, 1.54) is 0 Å². The third-order valence-electron chi connectivity index (χ3n) is 2.86. The van der Waals surface area contributed by atoms with Crippen molar-refractivity contribution in [3.05, 3.63) is 57.3 Å². The number of hydrogen-bond acceptors (Lipinski definition) is 2. The van der Waals surface area contributed by atoms with Gasteiger partial charge in [0.25, 0.3) is 5.91 Å². The molecular formula is C14H12Cl2N2O. The molecule has 1 aromatic carbocycles. The zero-order valence-electron chi connectivity index (χ0n) is 10.5. The number of carbonyl (C=O) groups is 1. The van der Waals surface area contributed by atoms with Gasteiger partial charge in [0.2, 0.25) is 0 Å². The van der Waals surface area contributed by atoms with E-state index in [4.69, 9.17) is 23.2 Å². The number of halogens is 2. The highest BCUT2D eigenvalue weighted by atomic mass is 35.5. The van der Waals surface area contributed by atoms with Crippen LogP contribution in [0.4, 0.5) is 5.69 Å². The number of hydrogen-bond donors (Lipinski definition) is 1. The Morgan fingerprint density at radius 1 is 1.21 bits per heavy atom. The third-order valence-corrected chi connectivity index (χ3v) is 3.56. The van der Waals surface area contributed by atoms with E-state index in [0.29, 0.717) is 16.3 Å². The van der Waals surface area contributed by atoms with Crippen molar-refractivity contribution in [2.24, 2.45) is 0 Å². The normalized spacial score (nSPS) is 10.3. The lowest BCUT2D eigenvalue weighted by Crippen LogP contribution is -2.15. The van der Waals surface area contributed by atoms with E-state index in [-0.39, 0.29) is 11.1 Å². The molecule has 0 aliphatic rings. The van der Waals surface area contributed by atoms with Crippen LogP contribution in [0.1, 0.15) is 21.5 Å². The molecule has 0 unspecified atom stereocenters. The van der Waals surface area contributed by atoms with Gasteiger partial charge in [-0.3, -0.25) is 4.79 Å². The molecule has 0 spiro atoms. The van der Waals surface area contributed by atoms with Gasteiger partial charge in [0.15, 0.2) is 5.15 Å². The number of amides is 1. The average molecular weight is 295 g/mol. The van der Waals surface area contributed by atoms with Crippen LogP contribution < -0.4 is 5.32 Å². The minimum atomic E-state index is -0.252. The lowest BCUT2D eigenvalue weighted by atomic mass is 10.1. The summed E-state index contributed by atoms with van der Waals surface area (Å²) < 4.78 is 0. The van der Waals surface area contributed by atoms with Crippen molar-refractivity contribution in [2.75, 3.05) is 5.32 Å². The Hall–Kier alpha value is -1.58. The summed E-state index contributed by atoms with van der Waals surface area (Å²) in [6, 6.07) is 6.99. The maximum atomic E-state index is 12.2. The number of pyridine rings is 1. The second-order valence-corrected chi connectivity index (χ2v) is 4.93. The molecule has 0 fully saturated rings. The molecule has 0 aliphatic carbocycles. The third kappa shape index (κ3) is 2.88. The molecule has 0 atom stereocenters. The average Bonchev–Trinajstić information content (AvgIpc) is 2.37. The summed E-state index contributed by atoms with van der Waals surface area (Å²) in [5.41, 5.74) is 2.63. The van der Waals surface area contributed by atoms with E-state index < -0.39 is 0 Å². The summed E-state index contributed by atoms with van der Waals surface area (Å²) in [5, 5.41) is 3.60. The van der Waals surface area contributed by atoms with Crippen LogP contribution in [0.5, 0.6) is 0 Å². The molecule has 1 amide bonds. The number of benzene rings is 1. The predicted molar refractivity (Wildman–Crippen MR) is 78.1 cm³/mol. The topological polar surface area (TPSA) is 42.0 Å². The summed E-state index contributed by atoms with van der Waals surface area (Å²) in [7, 11) is 0. The fourth-order valence-corrected chi connectivity index (χ4v) is 2.14. The maximum Gasteiger partial charge on any atom is 0.256 e. The highest BCUT2D eigenvalue weighted by Crippen LogP contribution is 2.25. The van der Waals surface area contributed by atoms with E-state index in [9.17, 15) is 4.79 Å². The molecule has 1 N–H and O–H groups in total. The molecule has 2 rings (SSSR count). The Morgan fingerprint density at radius 2 is 1.95 bits per heavy atom. The van der Waals surface area contributed by atoms with E-state index >= 15 is 0 Å². The van der Waals surface area contributed by atoms with Crippen LogP contribution in [0.2, 0.25) is 10.2 Å². The quantitative estimate of drug-likeness (QED) is 0.841. The first-order valence-corrected chi connectivity index (χ1v) is 6.44. The van der Waals surface area contributed by atoms with Gasteiger partial charge >= 0.3 is 0 Å². The molecule has 5 heteroatoms. The Morgan fingerprint density at radius 3 is 2.63 bits per heavy atom. The summed E-state index contributed by atoms with van der Waals surface area (Å²) in [6.07, 6.45) is 1.60. The number of aromatic nitrogens is 1. The molecule has 3 nitrogen and oxygen atoms in total. The molecule has 1 heterocycles. The van der Waals surface area contributed by atoms with E-state index in [1.54, 1.807) is 37.4 Å². The molecule has 2 aromatic rings. The van der Waals surface area contributed by atoms with Crippen LogP contribution in [-0.4, -0.2) is 10.9 Å². The van der Waals surface area contributed by atoms with Gasteiger partial charge in [-0.05, 0) is 43.2 Å². The van der Waals surface area contributed by atoms with Crippen molar-refractivity contribution in [3.63, 3.8) is 0 Å². The van der Waals surface area contributed by atoms with Crippen molar-refractivity contribution in [2.45, 2.75) is 13.8 Å². The van der Waals surface area contributed by atoms with Crippen LogP contribution in [0.15, 0.2) is 30.5 Å². The van der Waals surface area contributed by atoms with Gasteiger partial charge in [0, 0.05) is 16.8 Å². The summed E-state index contributed by atoms with van der Waals surface area (Å²) in [6.45, 7) is 3.66. The largest absolute Gasteiger partial charge is 0.319 e. The number of carbonyl (C=O) groups excluding carboxylic acids is 1. The molecule has 0 saturated carbocycles. The van der Waals surface area contributed by atoms with E-state index in [0.717, 1.165) is 11.1 Å². The second kappa shape index (κ2) is 5.59. The van der Waals surface area contributed by atoms with Crippen molar-refractivity contribution in [3.8, 4) is 0 Å². The van der Waals surface area contributed by atoms with Crippen LogP contribution in [0.3, 0.4) is 0 Å². The monoisotopic (exact) mass is 294 g/mol. The van der Waals surface area contributed by atoms with Crippen molar-refractivity contribution >= 4 is 34.8 Å². The fourth-order valence-electron chi connectivity index (χ4n) is 1.71. The Bertz CT molecular complexity index is 621. The zero-order chi connectivity index (χ0) is 14.0. The number of aryl methyl sites for hydroxylation is 1. The lowest BCUT2D eigenvalue weighted by molar-refractivity contribution is 0.102. The highest BCUT2D eigenvalue weighted by molar-refractivity contribution is 6.33. The fraction of sp³-hybridized carbons (Fsp3) is 0.143. The van der Waals surface area contributed by atoms with Gasteiger partial charge in [0.05, 0.1) is 5.69 Å². The number of rotatable bonds is 2. The first-order chi connectivity index (χ1) is 9.00. The SMILES string of the molecule is Cc1ccnc(Cl)c1NC(=O)c1cccc(Cl)c1C. The molecule has 0 radical (unpaired) electrons. The molecular weight excluding hydrogens is 283 g/mol. The molecule has 19 heavy (non-hydrogen) atoms. The van der Waals surface area contributed by atoms with Gasteiger partial charge < -0.3 is 5.32 Å². The first kappa shape index (κ1) is 13.8. The lowest BCUT2D eigenvalue weighted by Gasteiger charge is -2.11. The number of nitrogens with zero attached hydrogens (tertiary/aromatic N) is 1. The van der Waals surface area contributed by atoms with Gasteiger partial charge in [-0.25, -0.2) is 4.98 Å². The van der Waals surface area contributed by atoms with Gasteiger partial charge in [0.1, 0.15) is 0 Å². The van der Waals surface area contributed by atoms with Crippen molar-refractivity contribution in [1.29, 1.82) is 0 Å². The molecule has 1 aromatic heterocycles. The van der Waals surface area contributed by atoms with E-state index in [1.807, 2.05) is 6.92 Å². The standard InChI is InChI=1S/C14H12Cl2N2O/c1-8-6-7-17-13(16)12(8)18-14(19)10-4-3-5-11(15)9(10)2/h3-7H,1-2H3,(H,18,19). The molecule has 0 aliphatic heterocycles. The van der Waals surface area contributed by atoms with Crippen LogP contribution in [0.25, 0.3) is 0 Å². The molecule has 0 saturated heterocycles. The van der Waals surface area contributed by atoms with Crippen molar-refractivity contribution in [1.82, 2.24) is 4.98 Å². The summed E-state index contributed by atoms with van der Waals surface area (Å²) in [5.74, 6) is -0.252. The summed E-state index contributed by atoms with van der Waals surface area (Å²) in [4.78, 5) is 16.2. The van der Waals surface area contributed by atoms with Crippen molar-refractivity contribution < 1.29 is 4.79 Å². The minimum Gasteiger partial charge on any atom is -0.319 e. The highest BCUT2D eigenvalue weighted by Gasteiger charge is 2.14. The van der Waals surface area contributed by atoms with Gasteiger partial charge in [-0.1, -0.05) is 29.3 Å². The second-order valence-electron chi connectivity index (χ2n) is 4.16. The predicted octanol–water partition coefficient (Wildman–Crippen LogP) is 4.26. The van der Waals surface area contributed by atoms with Gasteiger partial charge in [-0.15, -0.1) is 0 Å². The van der Waals surface area contributed by atoms with E-state index in [2.05, 4.69) is 10.3 Å². The smallest absolute Gasteiger partial charge is 0.256 e. The summed E-state index contributed by atoms with van der Waals surface area (Å²) >= 11 is 12.0. The Labute approximate surface area is 121 Å². The number of anilines is 1.